The molecule has 3 heteroatoms. The summed E-state index contributed by atoms with van der Waals surface area (Å²) in [5, 5.41) is 12.2. The summed E-state index contributed by atoms with van der Waals surface area (Å²) in [7, 11) is 0. The maximum Gasteiger partial charge on any atom is 0.335 e. The molecule has 1 aromatic carbocycles. The molecule has 0 heterocycles. The van der Waals surface area contributed by atoms with E-state index < -0.39 is 5.97 Å². The first-order chi connectivity index (χ1) is 11.9. The minimum atomic E-state index is -0.897. The number of aromatic carboxylic acids is 1. The normalized spacial score (nSPS) is 12.0. The molecule has 0 bridgehead atoms. The molecule has 0 aliphatic rings. The SMILES string of the molecule is CC(C)=CCCC(C)=CCCC(C)=CCNc1ccc(C(=O)O)cc1. The lowest BCUT2D eigenvalue weighted by molar-refractivity contribution is 0.0697. The molecule has 136 valence electrons. The molecule has 25 heavy (non-hydrogen) atoms. The summed E-state index contributed by atoms with van der Waals surface area (Å²) in [6.45, 7) is 9.40. The molecule has 0 aliphatic carbocycles. The van der Waals surface area contributed by atoms with Crippen LogP contribution in [0.25, 0.3) is 0 Å². The molecule has 0 radical (unpaired) electrons. The standard InChI is InChI=1S/C22H31NO2/c1-17(2)7-5-8-18(3)9-6-10-19(4)15-16-23-21-13-11-20(12-14-21)22(24)25/h7,9,11-15,23H,5-6,8,10,16H2,1-4H3,(H,24,25). The monoisotopic (exact) mass is 341 g/mol. The van der Waals surface area contributed by atoms with Crippen LogP contribution in [0.2, 0.25) is 0 Å². The lowest BCUT2D eigenvalue weighted by atomic mass is 10.1. The summed E-state index contributed by atoms with van der Waals surface area (Å²) in [6, 6.07) is 6.82. The lowest BCUT2D eigenvalue weighted by Crippen LogP contribution is -2.00. The first-order valence-corrected chi connectivity index (χ1v) is 8.90. The van der Waals surface area contributed by atoms with Crippen molar-refractivity contribution >= 4 is 11.7 Å². The minimum absolute atomic E-state index is 0.309. The molecule has 0 fully saturated rings. The Morgan fingerprint density at radius 3 is 2.04 bits per heavy atom. The first kappa shape index (κ1) is 20.8. The van der Waals surface area contributed by atoms with Gasteiger partial charge in [-0.05, 0) is 77.6 Å². The second kappa shape index (κ2) is 11.3. The predicted molar refractivity (Wildman–Crippen MR) is 107 cm³/mol. The zero-order valence-corrected chi connectivity index (χ0v) is 15.9. The summed E-state index contributed by atoms with van der Waals surface area (Å²) in [6.07, 6.45) is 11.2. The summed E-state index contributed by atoms with van der Waals surface area (Å²) >= 11 is 0. The average molecular weight is 341 g/mol. The van der Waals surface area contributed by atoms with Crippen LogP contribution < -0.4 is 5.32 Å². The van der Waals surface area contributed by atoms with E-state index in [0.29, 0.717) is 5.56 Å². The molecule has 0 spiro atoms. The topological polar surface area (TPSA) is 49.3 Å². The molecule has 0 aliphatic heterocycles. The number of carboxylic acids is 1. The van der Waals surface area contributed by atoms with Gasteiger partial charge in [0.1, 0.15) is 0 Å². The zero-order chi connectivity index (χ0) is 18.7. The van der Waals surface area contributed by atoms with Crippen LogP contribution in [-0.4, -0.2) is 17.6 Å². The Hall–Kier alpha value is -2.29. The van der Waals surface area contributed by atoms with E-state index in [-0.39, 0.29) is 0 Å². The Kier molecular flexibility index (Phi) is 9.38. The van der Waals surface area contributed by atoms with Crippen LogP contribution >= 0.6 is 0 Å². The maximum absolute atomic E-state index is 10.8. The minimum Gasteiger partial charge on any atom is -0.478 e. The number of hydrogen-bond acceptors (Lipinski definition) is 2. The summed E-state index contributed by atoms with van der Waals surface area (Å²) in [5.41, 5.74) is 5.45. The second-order valence-corrected chi connectivity index (χ2v) is 6.72. The van der Waals surface area contributed by atoms with Crippen LogP contribution in [0, 0.1) is 0 Å². The Morgan fingerprint density at radius 1 is 0.920 bits per heavy atom. The van der Waals surface area contributed by atoms with Crippen LogP contribution in [-0.2, 0) is 0 Å². The number of carbonyl (C=O) groups is 1. The van der Waals surface area contributed by atoms with Gasteiger partial charge in [0.15, 0.2) is 0 Å². The van der Waals surface area contributed by atoms with Gasteiger partial charge in [-0.25, -0.2) is 4.79 Å². The van der Waals surface area contributed by atoms with E-state index in [0.717, 1.165) is 37.9 Å². The Morgan fingerprint density at radius 2 is 1.48 bits per heavy atom. The van der Waals surface area contributed by atoms with Crippen LogP contribution in [0.3, 0.4) is 0 Å². The lowest BCUT2D eigenvalue weighted by Gasteiger charge is -2.05. The highest BCUT2D eigenvalue weighted by Crippen LogP contribution is 2.12. The Labute approximate surface area is 152 Å². The van der Waals surface area contributed by atoms with E-state index in [2.05, 4.69) is 51.2 Å². The van der Waals surface area contributed by atoms with Crippen molar-refractivity contribution in [3.05, 3.63) is 64.8 Å². The Bertz CT molecular complexity index is 632. The third-order valence-electron chi connectivity index (χ3n) is 4.01. The second-order valence-electron chi connectivity index (χ2n) is 6.72. The van der Waals surface area contributed by atoms with Gasteiger partial charge in [-0.3, -0.25) is 0 Å². The number of nitrogens with one attached hydrogen (secondary N) is 1. The van der Waals surface area contributed by atoms with E-state index in [1.807, 2.05) is 0 Å². The van der Waals surface area contributed by atoms with Gasteiger partial charge in [0.05, 0.1) is 5.56 Å². The van der Waals surface area contributed by atoms with E-state index in [4.69, 9.17) is 5.11 Å². The van der Waals surface area contributed by atoms with Crippen molar-refractivity contribution in [1.29, 1.82) is 0 Å². The highest BCUT2D eigenvalue weighted by Gasteiger charge is 2.00. The van der Waals surface area contributed by atoms with E-state index in [1.54, 1.807) is 24.3 Å². The van der Waals surface area contributed by atoms with Crippen LogP contribution in [0.15, 0.2) is 59.2 Å². The number of carboxylic acid groups (broad SMARTS) is 1. The fraction of sp³-hybridized carbons (Fsp3) is 0.409. The van der Waals surface area contributed by atoms with E-state index >= 15 is 0 Å². The molecule has 0 atom stereocenters. The molecule has 1 rings (SSSR count). The predicted octanol–water partition coefficient (Wildman–Crippen LogP) is 6.22. The molecular formula is C22H31NO2. The number of hydrogen-bond donors (Lipinski definition) is 2. The van der Waals surface area contributed by atoms with Crippen LogP contribution in [0.1, 0.15) is 63.7 Å². The summed E-state index contributed by atoms with van der Waals surface area (Å²) in [5.74, 6) is -0.897. The van der Waals surface area contributed by atoms with Crippen LogP contribution in [0.4, 0.5) is 5.69 Å². The number of benzene rings is 1. The molecule has 0 saturated carbocycles. The third-order valence-corrected chi connectivity index (χ3v) is 4.01. The molecule has 2 N–H and O–H groups in total. The molecule has 0 aromatic heterocycles. The molecule has 3 nitrogen and oxygen atoms in total. The third kappa shape index (κ3) is 9.55. The Balaban J connectivity index is 2.31. The van der Waals surface area contributed by atoms with Crippen molar-refractivity contribution in [1.82, 2.24) is 0 Å². The summed E-state index contributed by atoms with van der Waals surface area (Å²) in [4.78, 5) is 10.8. The van der Waals surface area contributed by atoms with Gasteiger partial charge < -0.3 is 10.4 Å². The first-order valence-electron chi connectivity index (χ1n) is 8.90. The van der Waals surface area contributed by atoms with Gasteiger partial charge in [0.25, 0.3) is 0 Å². The largest absolute Gasteiger partial charge is 0.478 e. The quantitative estimate of drug-likeness (QED) is 0.497. The van der Waals surface area contributed by atoms with Crippen LogP contribution in [0.5, 0.6) is 0 Å². The maximum atomic E-state index is 10.8. The molecular weight excluding hydrogens is 310 g/mol. The van der Waals surface area contributed by atoms with Gasteiger partial charge in [-0.15, -0.1) is 0 Å². The number of allylic oxidation sites excluding steroid dienone is 5. The van der Waals surface area contributed by atoms with E-state index in [9.17, 15) is 4.79 Å². The van der Waals surface area contributed by atoms with Crippen molar-refractivity contribution in [3.63, 3.8) is 0 Å². The smallest absolute Gasteiger partial charge is 0.335 e. The molecule has 0 saturated heterocycles. The highest BCUT2D eigenvalue weighted by atomic mass is 16.4. The van der Waals surface area contributed by atoms with Crippen molar-refractivity contribution in [2.45, 2.75) is 53.4 Å². The number of rotatable bonds is 10. The van der Waals surface area contributed by atoms with Crippen molar-refractivity contribution in [2.24, 2.45) is 0 Å². The average Bonchev–Trinajstić information content (AvgIpc) is 2.55. The van der Waals surface area contributed by atoms with Crippen molar-refractivity contribution in [3.8, 4) is 0 Å². The van der Waals surface area contributed by atoms with Crippen molar-refractivity contribution in [2.75, 3.05) is 11.9 Å². The fourth-order valence-corrected chi connectivity index (χ4v) is 2.41. The summed E-state index contributed by atoms with van der Waals surface area (Å²) < 4.78 is 0. The van der Waals surface area contributed by atoms with Gasteiger partial charge in [-0.2, -0.15) is 0 Å². The fourth-order valence-electron chi connectivity index (χ4n) is 2.41. The van der Waals surface area contributed by atoms with Gasteiger partial charge >= 0.3 is 5.97 Å². The zero-order valence-electron chi connectivity index (χ0n) is 15.9. The van der Waals surface area contributed by atoms with Crippen molar-refractivity contribution < 1.29 is 9.90 Å². The van der Waals surface area contributed by atoms with Gasteiger partial charge in [-0.1, -0.05) is 34.9 Å². The highest BCUT2D eigenvalue weighted by molar-refractivity contribution is 5.87. The molecule has 1 aromatic rings. The van der Waals surface area contributed by atoms with E-state index in [1.165, 1.54) is 16.7 Å². The molecule has 0 unspecified atom stereocenters. The van der Waals surface area contributed by atoms with Gasteiger partial charge in [0.2, 0.25) is 0 Å². The number of anilines is 1. The molecule has 0 amide bonds. The van der Waals surface area contributed by atoms with Gasteiger partial charge in [0, 0.05) is 12.2 Å².